The normalized spacial score (nSPS) is 11.7. The third-order valence-corrected chi connectivity index (χ3v) is 8.75. The molecule has 0 aromatic heterocycles. The van der Waals surface area contributed by atoms with Crippen LogP contribution in [0.1, 0.15) is 194 Å². The lowest BCUT2D eigenvalue weighted by Crippen LogP contribution is -2.50. The highest BCUT2D eigenvalue weighted by Gasteiger charge is 2.20. The van der Waals surface area contributed by atoms with Gasteiger partial charge in [0.15, 0.2) is 5.96 Å². The van der Waals surface area contributed by atoms with Crippen molar-refractivity contribution in [2.45, 2.75) is 200 Å². The van der Waals surface area contributed by atoms with Gasteiger partial charge >= 0.3 is 6.03 Å². The van der Waals surface area contributed by atoms with E-state index in [2.05, 4.69) is 35.1 Å². The van der Waals surface area contributed by atoms with Crippen LogP contribution < -0.4 is 27.0 Å². The maximum absolute atomic E-state index is 12.9. The lowest BCUT2D eigenvalue weighted by atomic mass is 10.0. The monoisotopic (exact) mass is 637 g/mol. The maximum atomic E-state index is 12.9. The van der Waals surface area contributed by atoms with Gasteiger partial charge in [-0.25, -0.2) is 4.79 Å². The highest BCUT2D eigenvalue weighted by Crippen LogP contribution is 2.14. The molecule has 8 heteroatoms. The minimum Gasteiger partial charge on any atom is -0.370 e. The van der Waals surface area contributed by atoms with E-state index in [1.54, 1.807) is 0 Å². The zero-order valence-corrected chi connectivity index (χ0v) is 29.9. The summed E-state index contributed by atoms with van der Waals surface area (Å²) >= 11 is 0. The van der Waals surface area contributed by atoms with E-state index in [4.69, 9.17) is 11.1 Å². The Labute approximate surface area is 278 Å². The summed E-state index contributed by atoms with van der Waals surface area (Å²) in [5.41, 5.74) is 5.37. The molecule has 266 valence electrons. The van der Waals surface area contributed by atoms with Gasteiger partial charge in [-0.3, -0.25) is 10.2 Å². The predicted molar refractivity (Wildman–Crippen MR) is 194 cm³/mol. The van der Waals surface area contributed by atoms with Crippen LogP contribution in [0.4, 0.5) is 4.79 Å². The molecule has 8 nitrogen and oxygen atoms in total. The molecule has 0 rings (SSSR count). The van der Waals surface area contributed by atoms with Crippen LogP contribution in [0.25, 0.3) is 0 Å². The Balaban J connectivity index is 3.94. The molecule has 0 aromatic carbocycles. The van der Waals surface area contributed by atoms with Crippen molar-refractivity contribution < 1.29 is 9.59 Å². The molecular weight excluding hydrogens is 560 g/mol. The van der Waals surface area contributed by atoms with E-state index in [1.807, 2.05) is 0 Å². The molecule has 0 aromatic rings. The minimum absolute atomic E-state index is 0.0820. The lowest BCUT2D eigenvalue weighted by Gasteiger charge is -2.19. The number of nitrogens with two attached hydrogens (primary N) is 1. The Kier molecular flexibility index (Phi) is 33.3. The number of carbonyl (C=O) groups is 2. The van der Waals surface area contributed by atoms with Crippen molar-refractivity contribution in [2.75, 3.05) is 19.6 Å². The maximum Gasteiger partial charge on any atom is 0.315 e. The quantitative estimate of drug-likeness (QED) is 0.0239. The third-order valence-electron chi connectivity index (χ3n) is 8.75. The summed E-state index contributed by atoms with van der Waals surface area (Å²) in [6.07, 6.45) is 34.9. The standard InChI is InChI=1S/C37H76N6O2/c1-3-5-7-9-11-13-15-16-17-18-19-20-22-24-26-28-32-42-37(45)43-34(30-29-33-41-36(38)39)35(44)40-31-27-25-23-21-14-12-10-8-6-4-2/h34H,3-33H2,1-2H3,(H,40,44)(H4,38,39,41)(H2,42,43,45)/t34-/m0/s1. The molecule has 0 unspecified atom stereocenters. The molecule has 0 spiro atoms. The van der Waals surface area contributed by atoms with Gasteiger partial charge in [-0.1, -0.05) is 168 Å². The molecule has 0 aliphatic carbocycles. The van der Waals surface area contributed by atoms with Gasteiger partial charge in [-0.05, 0) is 25.7 Å². The molecule has 0 bridgehead atoms. The van der Waals surface area contributed by atoms with E-state index in [0.717, 1.165) is 25.7 Å². The molecule has 0 fully saturated rings. The van der Waals surface area contributed by atoms with E-state index in [1.165, 1.54) is 141 Å². The van der Waals surface area contributed by atoms with Crippen molar-refractivity contribution in [2.24, 2.45) is 5.73 Å². The Morgan fingerprint density at radius 3 is 1.20 bits per heavy atom. The smallest absolute Gasteiger partial charge is 0.315 e. The zero-order valence-electron chi connectivity index (χ0n) is 29.9. The second-order valence-electron chi connectivity index (χ2n) is 13.2. The Hall–Kier alpha value is -1.99. The van der Waals surface area contributed by atoms with Crippen LogP contribution >= 0.6 is 0 Å². The molecule has 0 radical (unpaired) electrons. The second kappa shape index (κ2) is 34.9. The van der Waals surface area contributed by atoms with E-state index < -0.39 is 6.04 Å². The molecular formula is C37H76N6O2. The average molecular weight is 637 g/mol. The van der Waals surface area contributed by atoms with E-state index in [9.17, 15) is 9.59 Å². The van der Waals surface area contributed by atoms with Crippen LogP contribution in [0, 0.1) is 5.41 Å². The molecule has 45 heavy (non-hydrogen) atoms. The molecule has 0 saturated heterocycles. The lowest BCUT2D eigenvalue weighted by molar-refractivity contribution is -0.123. The molecule has 0 aliphatic rings. The largest absolute Gasteiger partial charge is 0.370 e. The van der Waals surface area contributed by atoms with Gasteiger partial charge in [0.25, 0.3) is 0 Å². The van der Waals surface area contributed by atoms with Gasteiger partial charge in [-0.15, -0.1) is 0 Å². The van der Waals surface area contributed by atoms with E-state index in [0.29, 0.717) is 32.5 Å². The molecule has 3 amide bonds. The van der Waals surface area contributed by atoms with Gasteiger partial charge in [0.05, 0.1) is 0 Å². The average Bonchev–Trinajstić information content (AvgIpc) is 3.02. The van der Waals surface area contributed by atoms with Crippen LogP contribution in [0.5, 0.6) is 0 Å². The Bertz CT molecular complexity index is 675. The first-order valence-corrected chi connectivity index (χ1v) is 19.4. The summed E-state index contributed by atoms with van der Waals surface area (Å²) in [4.78, 5) is 25.4. The number of urea groups is 1. The summed E-state index contributed by atoms with van der Waals surface area (Å²) in [5.74, 6) is -0.215. The number of amides is 3. The first-order valence-electron chi connectivity index (χ1n) is 19.4. The van der Waals surface area contributed by atoms with Crippen molar-refractivity contribution >= 4 is 17.9 Å². The summed E-state index contributed by atoms with van der Waals surface area (Å²) < 4.78 is 0. The summed E-state index contributed by atoms with van der Waals surface area (Å²) in [5, 5.41) is 18.9. The topological polar surface area (TPSA) is 132 Å². The first kappa shape index (κ1) is 43.0. The highest BCUT2D eigenvalue weighted by atomic mass is 16.2. The number of hydrogen-bond acceptors (Lipinski definition) is 3. The van der Waals surface area contributed by atoms with Crippen molar-refractivity contribution in [1.82, 2.24) is 21.3 Å². The van der Waals surface area contributed by atoms with Gasteiger partial charge < -0.3 is 27.0 Å². The SMILES string of the molecule is CCCCCCCCCCCCCCCCCCNC(=O)N[C@@H](CCCNC(=N)N)C(=O)NCCCCCCCCCCCC. The summed E-state index contributed by atoms with van der Waals surface area (Å²) in [6.45, 7) is 6.29. The van der Waals surface area contributed by atoms with Gasteiger partial charge in [0.2, 0.25) is 5.91 Å². The first-order chi connectivity index (χ1) is 22.0. The predicted octanol–water partition coefficient (Wildman–Crippen LogP) is 9.22. The van der Waals surface area contributed by atoms with Crippen LogP contribution in [-0.2, 0) is 4.79 Å². The van der Waals surface area contributed by atoms with Crippen molar-refractivity contribution in [3.63, 3.8) is 0 Å². The highest BCUT2D eigenvalue weighted by molar-refractivity contribution is 5.86. The number of carbonyl (C=O) groups excluding carboxylic acids is 2. The fraction of sp³-hybridized carbons (Fsp3) is 0.919. The van der Waals surface area contributed by atoms with Gasteiger partial charge in [-0.2, -0.15) is 0 Å². The minimum atomic E-state index is -0.590. The van der Waals surface area contributed by atoms with Crippen LogP contribution in [0.15, 0.2) is 0 Å². The van der Waals surface area contributed by atoms with Crippen LogP contribution in [0.2, 0.25) is 0 Å². The molecule has 0 saturated carbocycles. The number of hydrogen-bond donors (Lipinski definition) is 6. The second-order valence-corrected chi connectivity index (χ2v) is 13.2. The van der Waals surface area contributed by atoms with Crippen LogP contribution in [0.3, 0.4) is 0 Å². The van der Waals surface area contributed by atoms with Crippen molar-refractivity contribution in [3.05, 3.63) is 0 Å². The van der Waals surface area contributed by atoms with Crippen molar-refractivity contribution in [1.29, 1.82) is 5.41 Å². The van der Waals surface area contributed by atoms with E-state index in [-0.39, 0.29) is 17.9 Å². The Morgan fingerprint density at radius 1 is 0.489 bits per heavy atom. The molecule has 0 aliphatic heterocycles. The summed E-state index contributed by atoms with van der Waals surface area (Å²) in [7, 11) is 0. The third kappa shape index (κ3) is 33.2. The van der Waals surface area contributed by atoms with Gasteiger partial charge in [0, 0.05) is 19.6 Å². The molecule has 1 atom stereocenters. The number of nitrogens with one attached hydrogen (secondary N) is 5. The fourth-order valence-corrected chi connectivity index (χ4v) is 5.83. The van der Waals surface area contributed by atoms with Crippen molar-refractivity contribution in [3.8, 4) is 0 Å². The van der Waals surface area contributed by atoms with Crippen LogP contribution in [-0.4, -0.2) is 43.6 Å². The van der Waals surface area contributed by atoms with E-state index >= 15 is 0 Å². The molecule has 0 heterocycles. The number of guanidine groups is 1. The molecule has 7 N–H and O–H groups in total. The van der Waals surface area contributed by atoms with Gasteiger partial charge in [0.1, 0.15) is 6.04 Å². The Morgan fingerprint density at radius 2 is 0.822 bits per heavy atom. The summed E-state index contributed by atoms with van der Waals surface area (Å²) in [6, 6.07) is -0.873. The zero-order chi connectivity index (χ0) is 33.1. The number of rotatable bonds is 34. The fourth-order valence-electron chi connectivity index (χ4n) is 5.83. The number of unbranched alkanes of at least 4 members (excludes halogenated alkanes) is 24.